The molecule has 1 N–H and O–H groups in total. The van der Waals surface area contributed by atoms with Gasteiger partial charge in [-0.1, -0.05) is 48.5 Å². The zero-order chi connectivity index (χ0) is 18.4. The van der Waals surface area contributed by atoms with Crippen LogP contribution in [0.25, 0.3) is 10.8 Å². The van der Waals surface area contributed by atoms with E-state index in [4.69, 9.17) is 9.47 Å². The van der Waals surface area contributed by atoms with E-state index in [1.807, 2.05) is 66.7 Å². The number of rotatable bonds is 6. The summed E-state index contributed by atoms with van der Waals surface area (Å²) in [5.74, 6) is 1.08. The number of carbonyl (C=O) groups is 1. The lowest BCUT2D eigenvalue weighted by Crippen LogP contribution is -2.33. The van der Waals surface area contributed by atoms with E-state index in [0.29, 0.717) is 5.75 Å². The number of fused-ring (bicyclic) bond motifs is 1. The van der Waals surface area contributed by atoms with Crippen molar-refractivity contribution in [2.75, 3.05) is 7.11 Å². The average Bonchev–Trinajstić information content (AvgIpc) is 2.68. The predicted octanol–water partition coefficient (Wildman–Crippen LogP) is 3.77. The largest absolute Gasteiger partial charge is 0.497 e. The van der Waals surface area contributed by atoms with Crippen LogP contribution in [0.2, 0.25) is 0 Å². The van der Waals surface area contributed by atoms with Gasteiger partial charge in [-0.3, -0.25) is 4.79 Å². The van der Waals surface area contributed by atoms with Crippen molar-refractivity contribution in [2.24, 2.45) is 5.10 Å². The van der Waals surface area contributed by atoms with Gasteiger partial charge in [0.05, 0.1) is 13.3 Å². The molecule has 0 fully saturated rings. The summed E-state index contributed by atoms with van der Waals surface area (Å²) < 4.78 is 11.0. The van der Waals surface area contributed by atoms with Gasteiger partial charge in [0.2, 0.25) is 0 Å². The van der Waals surface area contributed by atoms with Crippen molar-refractivity contribution in [2.45, 2.75) is 13.0 Å². The molecule has 0 spiro atoms. The molecule has 0 aromatic heterocycles. The van der Waals surface area contributed by atoms with Crippen LogP contribution < -0.4 is 14.9 Å². The van der Waals surface area contributed by atoms with Crippen LogP contribution in [-0.2, 0) is 4.79 Å². The molecule has 1 atom stereocenters. The number of carbonyl (C=O) groups excluding carboxylic acids is 1. The number of methoxy groups -OCH3 is 1. The minimum absolute atomic E-state index is 0.322. The zero-order valence-corrected chi connectivity index (χ0v) is 14.7. The molecule has 0 unspecified atom stereocenters. The van der Waals surface area contributed by atoms with Crippen LogP contribution >= 0.6 is 0 Å². The first-order valence-corrected chi connectivity index (χ1v) is 8.29. The third kappa shape index (κ3) is 4.19. The lowest BCUT2D eigenvalue weighted by atomic mass is 10.1. The number of hydrazone groups is 1. The maximum Gasteiger partial charge on any atom is 0.280 e. The third-order valence-electron chi connectivity index (χ3n) is 3.90. The fourth-order valence-corrected chi connectivity index (χ4v) is 2.53. The minimum Gasteiger partial charge on any atom is -0.497 e. The monoisotopic (exact) mass is 348 g/mol. The zero-order valence-electron chi connectivity index (χ0n) is 14.7. The molecule has 5 nitrogen and oxygen atoms in total. The maximum absolute atomic E-state index is 12.2. The molecule has 3 aromatic carbocycles. The molecule has 3 rings (SSSR count). The summed E-state index contributed by atoms with van der Waals surface area (Å²) in [6.07, 6.45) is 0.883. The first-order valence-electron chi connectivity index (χ1n) is 8.29. The summed E-state index contributed by atoms with van der Waals surface area (Å²) in [4.78, 5) is 12.2. The molecule has 26 heavy (non-hydrogen) atoms. The normalized spacial score (nSPS) is 12.1. The number of ether oxygens (including phenoxy) is 2. The van der Waals surface area contributed by atoms with Gasteiger partial charge >= 0.3 is 0 Å². The summed E-state index contributed by atoms with van der Waals surface area (Å²) in [5.41, 5.74) is 3.33. The van der Waals surface area contributed by atoms with E-state index in [0.717, 1.165) is 22.1 Å². The van der Waals surface area contributed by atoms with E-state index in [1.54, 1.807) is 20.2 Å². The molecule has 132 valence electrons. The quantitative estimate of drug-likeness (QED) is 0.545. The second kappa shape index (κ2) is 8.16. The molecule has 0 saturated heterocycles. The van der Waals surface area contributed by atoms with Gasteiger partial charge in [0, 0.05) is 5.39 Å². The molecule has 0 aliphatic heterocycles. The molecular formula is C21H20N2O3. The van der Waals surface area contributed by atoms with Gasteiger partial charge in [-0.15, -0.1) is 0 Å². The Balaban J connectivity index is 1.63. The number of nitrogens with zero attached hydrogens (tertiary/aromatic N) is 1. The van der Waals surface area contributed by atoms with E-state index in [2.05, 4.69) is 10.5 Å². The van der Waals surface area contributed by atoms with Crippen molar-refractivity contribution < 1.29 is 14.3 Å². The summed E-state index contributed by atoms with van der Waals surface area (Å²) in [5, 5.41) is 6.01. The lowest BCUT2D eigenvalue weighted by Gasteiger charge is -2.14. The number of nitrogens with one attached hydrogen (secondary N) is 1. The van der Waals surface area contributed by atoms with Crippen molar-refractivity contribution in [3.63, 3.8) is 0 Å². The van der Waals surface area contributed by atoms with Crippen LogP contribution in [0.5, 0.6) is 11.5 Å². The van der Waals surface area contributed by atoms with Crippen LogP contribution in [0.1, 0.15) is 12.5 Å². The number of benzene rings is 3. The highest BCUT2D eigenvalue weighted by molar-refractivity contribution is 5.89. The van der Waals surface area contributed by atoms with Crippen molar-refractivity contribution in [1.82, 2.24) is 5.43 Å². The lowest BCUT2D eigenvalue weighted by molar-refractivity contribution is -0.127. The Labute approximate surface area is 152 Å². The molecule has 1 amide bonds. The average molecular weight is 348 g/mol. The molecule has 0 aliphatic carbocycles. The van der Waals surface area contributed by atoms with Crippen LogP contribution in [0.4, 0.5) is 0 Å². The highest BCUT2D eigenvalue weighted by atomic mass is 16.5. The fourth-order valence-electron chi connectivity index (χ4n) is 2.53. The Kier molecular flexibility index (Phi) is 5.49. The van der Waals surface area contributed by atoms with E-state index >= 15 is 0 Å². The molecule has 5 heteroatoms. The number of amides is 1. The Morgan fingerprint density at radius 1 is 1.08 bits per heavy atom. The van der Waals surface area contributed by atoms with Crippen LogP contribution in [0, 0.1) is 0 Å². The third-order valence-corrected chi connectivity index (χ3v) is 3.90. The minimum atomic E-state index is -0.678. The molecule has 3 aromatic rings. The summed E-state index contributed by atoms with van der Waals surface area (Å²) >= 11 is 0. The highest BCUT2D eigenvalue weighted by Gasteiger charge is 2.15. The van der Waals surface area contributed by atoms with Gasteiger partial charge < -0.3 is 9.47 Å². The van der Waals surface area contributed by atoms with Crippen molar-refractivity contribution in [1.29, 1.82) is 0 Å². The maximum atomic E-state index is 12.2. The molecular weight excluding hydrogens is 328 g/mol. The predicted molar refractivity (Wildman–Crippen MR) is 103 cm³/mol. The molecule has 0 aliphatic rings. The van der Waals surface area contributed by atoms with E-state index < -0.39 is 6.10 Å². The number of hydrogen-bond acceptors (Lipinski definition) is 4. The first-order chi connectivity index (χ1) is 12.7. The van der Waals surface area contributed by atoms with Gasteiger partial charge in [-0.05, 0) is 36.1 Å². The Morgan fingerprint density at radius 2 is 1.85 bits per heavy atom. The fraction of sp³-hybridized carbons (Fsp3) is 0.143. The van der Waals surface area contributed by atoms with Crippen molar-refractivity contribution in [3.8, 4) is 11.5 Å². The molecule has 0 heterocycles. The Bertz CT molecular complexity index is 932. The highest BCUT2D eigenvalue weighted by Crippen LogP contribution is 2.26. The van der Waals surface area contributed by atoms with Crippen molar-refractivity contribution in [3.05, 3.63) is 72.3 Å². The van der Waals surface area contributed by atoms with Crippen LogP contribution in [0.15, 0.2) is 71.8 Å². The van der Waals surface area contributed by atoms with E-state index in [-0.39, 0.29) is 5.91 Å². The summed E-state index contributed by atoms with van der Waals surface area (Å²) in [6.45, 7) is 1.69. The molecule has 0 saturated carbocycles. The van der Waals surface area contributed by atoms with E-state index in [9.17, 15) is 4.79 Å². The smallest absolute Gasteiger partial charge is 0.280 e. The van der Waals surface area contributed by atoms with Crippen molar-refractivity contribution >= 4 is 22.9 Å². The van der Waals surface area contributed by atoms with Gasteiger partial charge in [0.1, 0.15) is 11.5 Å². The SMILES string of the molecule is COc1cccc(/C=N\NC(=O)[C@H](C)Oc2cccc3ccccc23)c1. The number of hydrogen-bond donors (Lipinski definition) is 1. The summed E-state index contributed by atoms with van der Waals surface area (Å²) in [6, 6.07) is 21.0. The standard InChI is InChI=1S/C21H20N2O3/c1-15(26-20-12-6-9-17-8-3-4-11-19(17)20)21(24)23-22-14-16-7-5-10-18(13-16)25-2/h3-15H,1-2H3,(H,23,24)/b22-14-/t15-/m0/s1. The topological polar surface area (TPSA) is 59.9 Å². The van der Waals surface area contributed by atoms with Gasteiger partial charge in [-0.25, -0.2) is 5.43 Å². The first kappa shape index (κ1) is 17.5. The second-order valence-electron chi connectivity index (χ2n) is 5.75. The van der Waals surface area contributed by atoms with Crippen LogP contribution in [0.3, 0.4) is 0 Å². The van der Waals surface area contributed by atoms with Gasteiger partial charge in [-0.2, -0.15) is 5.10 Å². The van der Waals surface area contributed by atoms with E-state index in [1.165, 1.54) is 0 Å². The molecule has 0 bridgehead atoms. The van der Waals surface area contributed by atoms with Gasteiger partial charge in [0.25, 0.3) is 5.91 Å². The van der Waals surface area contributed by atoms with Crippen LogP contribution in [-0.4, -0.2) is 25.3 Å². The second-order valence-corrected chi connectivity index (χ2v) is 5.75. The molecule has 0 radical (unpaired) electrons. The Morgan fingerprint density at radius 3 is 2.69 bits per heavy atom. The van der Waals surface area contributed by atoms with Gasteiger partial charge in [0.15, 0.2) is 6.10 Å². The summed E-state index contributed by atoms with van der Waals surface area (Å²) in [7, 11) is 1.60. The Hall–Kier alpha value is -3.34.